The Bertz CT molecular complexity index is 1250. The van der Waals surface area contributed by atoms with Crippen LogP contribution in [0.3, 0.4) is 0 Å². The Morgan fingerprint density at radius 3 is 2.55 bits per heavy atom. The third-order valence-corrected chi connectivity index (χ3v) is 6.02. The topological polar surface area (TPSA) is 70.1 Å². The molecule has 5 rings (SSSR count). The molecule has 0 atom stereocenters. The zero-order valence-electron chi connectivity index (χ0n) is 18.7. The Hall–Kier alpha value is -3.65. The zero-order chi connectivity index (χ0) is 22.8. The van der Waals surface area contributed by atoms with Crippen molar-refractivity contribution in [1.82, 2.24) is 24.8 Å². The van der Waals surface area contributed by atoms with Crippen LogP contribution < -0.4 is 10.2 Å². The van der Waals surface area contributed by atoms with E-state index in [9.17, 15) is 4.39 Å². The van der Waals surface area contributed by atoms with E-state index in [1.807, 2.05) is 48.7 Å². The molecule has 0 saturated carbocycles. The molecule has 4 heterocycles. The van der Waals surface area contributed by atoms with Crippen LogP contribution in [0.1, 0.15) is 13.8 Å². The van der Waals surface area contributed by atoms with E-state index in [1.54, 1.807) is 6.20 Å². The quantitative estimate of drug-likeness (QED) is 0.487. The van der Waals surface area contributed by atoms with Crippen molar-refractivity contribution in [2.45, 2.75) is 19.9 Å². The molecule has 0 spiro atoms. The van der Waals surface area contributed by atoms with Crippen LogP contribution in [-0.2, 0) is 0 Å². The molecule has 168 valence electrons. The molecule has 1 saturated heterocycles. The molecule has 0 bridgehead atoms. The molecule has 4 aromatic rings. The highest BCUT2D eigenvalue weighted by Gasteiger charge is 2.19. The molecule has 0 unspecified atom stereocenters. The minimum Gasteiger partial charge on any atom is -0.368 e. The maximum Gasteiger partial charge on any atom is 0.229 e. The number of halogens is 1. The van der Waals surface area contributed by atoms with E-state index in [2.05, 4.69) is 48.9 Å². The van der Waals surface area contributed by atoms with Crippen LogP contribution >= 0.6 is 0 Å². The number of aromatic nitrogens is 4. The highest BCUT2D eigenvalue weighted by atomic mass is 19.1. The fraction of sp³-hybridized carbons (Fsp3) is 0.280. The molecule has 0 amide bonds. The average molecular weight is 444 g/mol. The van der Waals surface area contributed by atoms with Crippen molar-refractivity contribution in [1.29, 1.82) is 0 Å². The van der Waals surface area contributed by atoms with Gasteiger partial charge >= 0.3 is 0 Å². The number of fused-ring (bicyclic) bond motifs is 1. The number of rotatable bonds is 5. The summed E-state index contributed by atoms with van der Waals surface area (Å²) in [6.45, 7) is 8.54. The van der Waals surface area contributed by atoms with Gasteiger partial charge in [0, 0.05) is 49.4 Å². The molecule has 1 N–H and O–H groups in total. The first kappa shape index (κ1) is 21.2. The third-order valence-electron chi connectivity index (χ3n) is 6.02. The predicted octanol–water partition coefficient (Wildman–Crippen LogP) is 4.50. The highest BCUT2D eigenvalue weighted by Crippen LogP contribution is 2.26. The maximum absolute atomic E-state index is 14.5. The molecule has 0 aliphatic carbocycles. The molecule has 7 nitrogen and oxygen atoms in total. The molecule has 3 aromatic heterocycles. The van der Waals surface area contributed by atoms with Gasteiger partial charge in [0.15, 0.2) is 5.82 Å². The van der Waals surface area contributed by atoms with Gasteiger partial charge in [0.25, 0.3) is 0 Å². The molecular weight excluding hydrogens is 417 g/mol. The monoisotopic (exact) mass is 443 g/mol. The number of benzene rings is 1. The Kier molecular flexibility index (Phi) is 5.83. The zero-order valence-corrected chi connectivity index (χ0v) is 18.7. The van der Waals surface area contributed by atoms with E-state index in [1.165, 1.54) is 6.20 Å². The normalized spacial score (nSPS) is 14.7. The number of piperazine rings is 1. The Morgan fingerprint density at radius 1 is 0.939 bits per heavy atom. The summed E-state index contributed by atoms with van der Waals surface area (Å²) in [6, 6.07) is 13.9. The molecule has 1 aromatic carbocycles. The van der Waals surface area contributed by atoms with Crippen LogP contribution in [0.2, 0.25) is 0 Å². The minimum atomic E-state index is -0.479. The highest BCUT2D eigenvalue weighted by molar-refractivity contribution is 5.83. The summed E-state index contributed by atoms with van der Waals surface area (Å²) in [5.74, 6) is 0.427. The molecular formula is C25H26FN7. The standard InChI is InChI=1S/C25H26FN7/c1-17(2)32-10-12-33(13-11-32)20-6-8-23(28-15-20)30-25-29-16-21(26)24(31-25)19-5-7-22-18(14-19)4-3-9-27-22/h3-9,14-17H,10-13H2,1-2H3,(H,28,29,30,31). The lowest BCUT2D eigenvalue weighted by Gasteiger charge is -2.38. The lowest BCUT2D eigenvalue weighted by atomic mass is 10.1. The van der Waals surface area contributed by atoms with Crippen LogP contribution in [0.5, 0.6) is 0 Å². The summed E-state index contributed by atoms with van der Waals surface area (Å²) in [6.07, 6.45) is 4.77. The minimum absolute atomic E-state index is 0.234. The summed E-state index contributed by atoms with van der Waals surface area (Å²) < 4.78 is 14.5. The van der Waals surface area contributed by atoms with Gasteiger partial charge in [0.1, 0.15) is 11.5 Å². The summed E-state index contributed by atoms with van der Waals surface area (Å²) in [5.41, 5.74) is 2.85. The molecule has 1 aliphatic heterocycles. The van der Waals surface area contributed by atoms with Gasteiger partial charge in [-0.25, -0.2) is 19.3 Å². The van der Waals surface area contributed by atoms with Crippen molar-refractivity contribution in [2.24, 2.45) is 0 Å². The Labute approximate surface area is 192 Å². The van der Waals surface area contributed by atoms with Crippen LogP contribution in [-0.4, -0.2) is 57.1 Å². The van der Waals surface area contributed by atoms with Gasteiger partial charge < -0.3 is 10.2 Å². The summed E-state index contributed by atoms with van der Waals surface area (Å²) in [4.78, 5) is 22.2. The number of hydrogen-bond donors (Lipinski definition) is 1. The summed E-state index contributed by atoms with van der Waals surface area (Å²) in [5, 5.41) is 4.02. The lowest BCUT2D eigenvalue weighted by Crippen LogP contribution is -2.48. The molecule has 33 heavy (non-hydrogen) atoms. The molecule has 1 fully saturated rings. The number of pyridine rings is 2. The lowest BCUT2D eigenvalue weighted by molar-refractivity contribution is 0.209. The number of hydrogen-bond acceptors (Lipinski definition) is 7. The van der Waals surface area contributed by atoms with Crippen molar-refractivity contribution in [3.63, 3.8) is 0 Å². The number of anilines is 3. The summed E-state index contributed by atoms with van der Waals surface area (Å²) in [7, 11) is 0. The van der Waals surface area contributed by atoms with Gasteiger partial charge in [-0.05, 0) is 44.2 Å². The van der Waals surface area contributed by atoms with Gasteiger partial charge in [-0.3, -0.25) is 9.88 Å². The van der Waals surface area contributed by atoms with E-state index in [0.717, 1.165) is 42.8 Å². The van der Waals surface area contributed by atoms with E-state index in [4.69, 9.17) is 0 Å². The van der Waals surface area contributed by atoms with Gasteiger partial charge in [0.2, 0.25) is 5.95 Å². The van der Waals surface area contributed by atoms with Crippen LogP contribution in [0.15, 0.2) is 61.1 Å². The molecule has 8 heteroatoms. The first-order chi connectivity index (χ1) is 16.1. The third kappa shape index (κ3) is 4.61. The van der Waals surface area contributed by atoms with E-state index in [0.29, 0.717) is 23.4 Å². The second kappa shape index (κ2) is 9.07. The Balaban J connectivity index is 1.31. The SMILES string of the molecule is CC(C)N1CCN(c2ccc(Nc3ncc(F)c(-c4ccc5ncccc5c4)n3)nc2)CC1. The fourth-order valence-electron chi connectivity index (χ4n) is 4.11. The smallest absolute Gasteiger partial charge is 0.229 e. The molecule has 1 aliphatic rings. The van der Waals surface area contributed by atoms with Crippen molar-refractivity contribution in [2.75, 3.05) is 36.4 Å². The molecule has 0 radical (unpaired) electrons. The van der Waals surface area contributed by atoms with Gasteiger partial charge in [-0.15, -0.1) is 0 Å². The fourth-order valence-corrected chi connectivity index (χ4v) is 4.11. The van der Waals surface area contributed by atoms with E-state index >= 15 is 0 Å². The maximum atomic E-state index is 14.5. The van der Waals surface area contributed by atoms with Crippen LogP contribution in [0.4, 0.5) is 21.8 Å². The van der Waals surface area contributed by atoms with Crippen LogP contribution in [0.25, 0.3) is 22.2 Å². The summed E-state index contributed by atoms with van der Waals surface area (Å²) >= 11 is 0. The first-order valence-corrected chi connectivity index (χ1v) is 11.2. The first-order valence-electron chi connectivity index (χ1n) is 11.2. The predicted molar refractivity (Wildman–Crippen MR) is 129 cm³/mol. The largest absolute Gasteiger partial charge is 0.368 e. The van der Waals surface area contributed by atoms with Gasteiger partial charge in [-0.2, -0.15) is 0 Å². The van der Waals surface area contributed by atoms with Crippen molar-refractivity contribution in [3.05, 3.63) is 66.9 Å². The number of nitrogens with one attached hydrogen (secondary N) is 1. The van der Waals surface area contributed by atoms with Crippen molar-refractivity contribution in [3.8, 4) is 11.3 Å². The Morgan fingerprint density at radius 2 is 1.79 bits per heavy atom. The van der Waals surface area contributed by atoms with Gasteiger partial charge in [0.05, 0.1) is 23.6 Å². The van der Waals surface area contributed by atoms with Crippen molar-refractivity contribution < 1.29 is 4.39 Å². The van der Waals surface area contributed by atoms with E-state index < -0.39 is 5.82 Å². The average Bonchev–Trinajstić information content (AvgIpc) is 2.85. The van der Waals surface area contributed by atoms with Crippen LogP contribution in [0, 0.1) is 5.82 Å². The van der Waals surface area contributed by atoms with Gasteiger partial charge in [-0.1, -0.05) is 12.1 Å². The van der Waals surface area contributed by atoms with Crippen molar-refractivity contribution >= 4 is 28.4 Å². The number of nitrogens with zero attached hydrogens (tertiary/aromatic N) is 6. The second-order valence-electron chi connectivity index (χ2n) is 8.44. The van der Waals surface area contributed by atoms with E-state index in [-0.39, 0.29) is 5.69 Å². The second-order valence-corrected chi connectivity index (χ2v) is 8.44.